The van der Waals surface area contributed by atoms with Gasteiger partial charge in [-0.1, -0.05) is 52.9 Å². The average Bonchev–Trinajstić information content (AvgIpc) is 3.07. The number of hydrogen-bond donors (Lipinski definition) is 1. The van der Waals surface area contributed by atoms with Crippen molar-refractivity contribution in [1.82, 2.24) is 9.97 Å². The molecule has 3 heterocycles. The first-order valence-corrected chi connectivity index (χ1v) is 9.99. The summed E-state index contributed by atoms with van der Waals surface area (Å²) in [4.78, 5) is 23.3. The Bertz CT molecular complexity index is 1020. The molecular formula is C18H14ClN3O2S2. The maximum atomic E-state index is 11.1. The van der Waals surface area contributed by atoms with Crippen molar-refractivity contribution >= 4 is 56.0 Å². The largest absolute Gasteiger partial charge is 0.477 e. The lowest BCUT2D eigenvalue weighted by molar-refractivity contribution is 0.0689. The van der Waals surface area contributed by atoms with Crippen molar-refractivity contribution in [2.24, 2.45) is 0 Å². The Hall–Kier alpha value is -2.09. The Morgan fingerprint density at radius 2 is 2.15 bits per heavy atom. The number of carboxylic acids is 1. The van der Waals surface area contributed by atoms with Gasteiger partial charge in [0.15, 0.2) is 5.13 Å². The van der Waals surface area contributed by atoms with Gasteiger partial charge in [0.05, 0.1) is 10.2 Å². The van der Waals surface area contributed by atoms with E-state index >= 15 is 0 Å². The van der Waals surface area contributed by atoms with Crippen LogP contribution in [0.1, 0.15) is 16.9 Å². The second-order valence-electron chi connectivity index (χ2n) is 5.72. The van der Waals surface area contributed by atoms with Gasteiger partial charge in [-0.05, 0) is 30.7 Å². The number of rotatable bonds is 4. The van der Waals surface area contributed by atoms with Gasteiger partial charge < -0.3 is 10.0 Å². The summed E-state index contributed by atoms with van der Waals surface area (Å²) in [6.07, 6.45) is 5.35. The van der Waals surface area contributed by atoms with Crippen LogP contribution in [0.3, 0.4) is 0 Å². The van der Waals surface area contributed by atoms with Crippen molar-refractivity contribution in [1.29, 1.82) is 0 Å². The highest BCUT2D eigenvalue weighted by atomic mass is 35.5. The van der Waals surface area contributed by atoms with Crippen molar-refractivity contribution in [3.8, 4) is 0 Å². The van der Waals surface area contributed by atoms with E-state index in [9.17, 15) is 4.79 Å². The summed E-state index contributed by atoms with van der Waals surface area (Å²) in [5.41, 5.74) is 0.892. The molecule has 0 unspecified atom stereocenters. The number of anilines is 1. The van der Waals surface area contributed by atoms with E-state index in [-0.39, 0.29) is 5.69 Å². The molecular weight excluding hydrogens is 390 g/mol. The molecule has 132 valence electrons. The van der Waals surface area contributed by atoms with Crippen molar-refractivity contribution in [2.75, 3.05) is 18.0 Å². The number of halogens is 1. The summed E-state index contributed by atoms with van der Waals surface area (Å²) >= 11 is 9.29. The molecule has 0 aliphatic carbocycles. The number of fused-ring (bicyclic) bond motifs is 1. The van der Waals surface area contributed by atoms with Crippen LogP contribution in [-0.2, 0) is 0 Å². The highest BCUT2D eigenvalue weighted by Gasteiger charge is 2.17. The number of thiazole rings is 1. The molecule has 0 spiro atoms. The molecule has 0 saturated heterocycles. The molecule has 1 aliphatic rings. The number of benzene rings is 1. The summed E-state index contributed by atoms with van der Waals surface area (Å²) in [7, 11) is 0. The molecule has 0 fully saturated rings. The Kier molecular flexibility index (Phi) is 4.84. The minimum absolute atomic E-state index is 0.0207. The Labute approximate surface area is 163 Å². The van der Waals surface area contributed by atoms with Crippen molar-refractivity contribution in [3.63, 3.8) is 0 Å². The fourth-order valence-electron chi connectivity index (χ4n) is 2.69. The molecule has 0 amide bonds. The number of carboxylic acid groups (broad SMARTS) is 1. The summed E-state index contributed by atoms with van der Waals surface area (Å²) in [5.74, 6) is -1.04. The number of hydrogen-bond acceptors (Lipinski definition) is 6. The van der Waals surface area contributed by atoms with E-state index in [1.165, 1.54) is 17.8 Å². The van der Waals surface area contributed by atoms with E-state index in [4.69, 9.17) is 21.7 Å². The van der Waals surface area contributed by atoms with Crippen molar-refractivity contribution in [3.05, 3.63) is 53.2 Å². The molecule has 1 aliphatic heterocycles. The zero-order valence-electron chi connectivity index (χ0n) is 13.6. The number of nitrogens with zero attached hydrogens (tertiary/aromatic N) is 3. The summed E-state index contributed by atoms with van der Waals surface area (Å²) in [5, 5.41) is 11.3. The van der Waals surface area contributed by atoms with E-state index in [1.807, 2.05) is 12.1 Å². The van der Waals surface area contributed by atoms with E-state index in [0.29, 0.717) is 10.0 Å². The molecule has 1 aromatic carbocycles. The highest BCUT2D eigenvalue weighted by molar-refractivity contribution is 7.99. The topological polar surface area (TPSA) is 66.3 Å². The first-order valence-electron chi connectivity index (χ1n) is 7.98. The normalized spacial score (nSPS) is 14.1. The standard InChI is InChI=1S/C18H14ClN3O2S2/c19-11-9-13(25-15-6-4-5-12(20-15)17(23)24)16-14(10-11)26-18(21-16)22-7-2-1-3-8-22/h1-2,4-6,9-10H,3,7-8H2,(H,23,24). The second kappa shape index (κ2) is 7.26. The van der Waals surface area contributed by atoms with Gasteiger partial charge in [-0.25, -0.2) is 14.8 Å². The van der Waals surface area contributed by atoms with Crippen LogP contribution in [0.5, 0.6) is 0 Å². The average molecular weight is 404 g/mol. The zero-order valence-corrected chi connectivity index (χ0v) is 15.9. The maximum Gasteiger partial charge on any atom is 0.354 e. The van der Waals surface area contributed by atoms with Gasteiger partial charge in [0, 0.05) is 23.0 Å². The number of aromatic nitrogens is 2. The van der Waals surface area contributed by atoms with Crippen LogP contribution in [0.25, 0.3) is 10.2 Å². The lowest BCUT2D eigenvalue weighted by Gasteiger charge is -2.22. The van der Waals surface area contributed by atoms with Crippen LogP contribution < -0.4 is 4.90 Å². The third-order valence-electron chi connectivity index (χ3n) is 3.90. The van der Waals surface area contributed by atoms with Gasteiger partial charge in [0.1, 0.15) is 10.7 Å². The quantitative estimate of drug-likeness (QED) is 0.621. The first-order chi connectivity index (χ1) is 12.6. The van der Waals surface area contributed by atoms with E-state index in [2.05, 4.69) is 22.0 Å². The van der Waals surface area contributed by atoms with Crippen LogP contribution in [0.4, 0.5) is 5.13 Å². The van der Waals surface area contributed by atoms with E-state index in [0.717, 1.165) is 39.8 Å². The molecule has 2 aromatic heterocycles. The third-order valence-corrected chi connectivity index (χ3v) is 6.15. The smallest absolute Gasteiger partial charge is 0.354 e. The maximum absolute atomic E-state index is 11.1. The van der Waals surface area contributed by atoms with Gasteiger partial charge in [-0.3, -0.25) is 0 Å². The van der Waals surface area contributed by atoms with E-state index < -0.39 is 5.97 Å². The molecule has 5 nitrogen and oxygen atoms in total. The molecule has 0 saturated carbocycles. The number of carbonyl (C=O) groups is 1. The third kappa shape index (κ3) is 3.56. The Morgan fingerprint density at radius 1 is 1.27 bits per heavy atom. The fourth-order valence-corrected chi connectivity index (χ4v) is 5.12. The minimum Gasteiger partial charge on any atom is -0.477 e. The molecule has 0 radical (unpaired) electrons. The van der Waals surface area contributed by atoms with Gasteiger partial charge in [0.25, 0.3) is 0 Å². The molecule has 8 heteroatoms. The first kappa shape index (κ1) is 17.3. The second-order valence-corrected chi connectivity index (χ2v) is 8.23. The lowest BCUT2D eigenvalue weighted by atomic mass is 10.3. The number of aromatic carboxylic acids is 1. The van der Waals surface area contributed by atoms with Gasteiger partial charge in [-0.15, -0.1) is 0 Å². The minimum atomic E-state index is -1.04. The molecule has 0 atom stereocenters. The van der Waals surface area contributed by atoms with Crippen LogP contribution >= 0.6 is 34.7 Å². The molecule has 0 bridgehead atoms. The Morgan fingerprint density at radius 3 is 2.92 bits per heavy atom. The fraction of sp³-hybridized carbons (Fsp3) is 0.167. The predicted molar refractivity (Wildman–Crippen MR) is 106 cm³/mol. The van der Waals surface area contributed by atoms with Crippen LogP contribution in [-0.4, -0.2) is 34.1 Å². The predicted octanol–water partition coefficient (Wildman–Crippen LogP) is 4.96. The van der Waals surface area contributed by atoms with E-state index in [1.54, 1.807) is 23.5 Å². The Balaban J connectivity index is 1.72. The van der Waals surface area contributed by atoms with Crippen LogP contribution in [0, 0.1) is 0 Å². The summed E-state index contributed by atoms with van der Waals surface area (Å²) < 4.78 is 1.01. The summed E-state index contributed by atoms with van der Waals surface area (Å²) in [6, 6.07) is 8.72. The van der Waals surface area contributed by atoms with Crippen molar-refractivity contribution < 1.29 is 9.90 Å². The van der Waals surface area contributed by atoms with Gasteiger partial charge in [-0.2, -0.15) is 0 Å². The highest BCUT2D eigenvalue weighted by Crippen LogP contribution is 2.39. The van der Waals surface area contributed by atoms with Gasteiger partial charge in [0.2, 0.25) is 0 Å². The molecule has 3 aromatic rings. The molecule has 26 heavy (non-hydrogen) atoms. The van der Waals surface area contributed by atoms with Crippen LogP contribution in [0.2, 0.25) is 5.02 Å². The molecule has 1 N–H and O–H groups in total. The monoisotopic (exact) mass is 403 g/mol. The lowest BCUT2D eigenvalue weighted by Crippen LogP contribution is -2.26. The zero-order chi connectivity index (χ0) is 18.1. The SMILES string of the molecule is O=C(O)c1cccc(Sc2cc(Cl)cc3sc(N4CC=CCC4)nc23)n1. The van der Waals surface area contributed by atoms with Gasteiger partial charge >= 0.3 is 5.97 Å². The molecule has 4 rings (SSSR count). The van der Waals surface area contributed by atoms with Crippen molar-refractivity contribution in [2.45, 2.75) is 16.3 Å². The number of pyridine rings is 1. The van der Waals surface area contributed by atoms with Crippen LogP contribution in [0.15, 0.2) is 52.4 Å². The summed E-state index contributed by atoms with van der Waals surface area (Å²) in [6.45, 7) is 1.81.